The first kappa shape index (κ1) is 13.7. The number of hydrogen-bond acceptors (Lipinski definition) is 0. The van der Waals surface area contributed by atoms with Crippen molar-refractivity contribution < 1.29 is 4.39 Å². The molecule has 0 aliphatic rings. The minimum atomic E-state index is -0.134. The fourth-order valence-electron chi connectivity index (χ4n) is 2.58. The van der Waals surface area contributed by atoms with E-state index in [4.69, 9.17) is 0 Å². The maximum absolute atomic E-state index is 14.0. The zero-order chi connectivity index (χ0) is 12.5. The van der Waals surface area contributed by atoms with Crippen LogP contribution >= 0.6 is 15.9 Å². The van der Waals surface area contributed by atoms with Crippen LogP contribution in [0.1, 0.15) is 43.9 Å². The van der Waals surface area contributed by atoms with E-state index < -0.39 is 0 Å². The van der Waals surface area contributed by atoms with Crippen LogP contribution in [0.25, 0.3) is 0 Å². The third-order valence-corrected chi connectivity index (χ3v) is 3.22. The average molecular weight is 287 g/mol. The molecule has 90 valence electrons. The van der Waals surface area contributed by atoms with Crippen molar-refractivity contribution in [2.75, 3.05) is 0 Å². The molecule has 2 heteroatoms. The van der Waals surface area contributed by atoms with Gasteiger partial charge in [-0.3, -0.25) is 0 Å². The van der Waals surface area contributed by atoms with Gasteiger partial charge in [0.25, 0.3) is 0 Å². The molecule has 0 spiro atoms. The lowest BCUT2D eigenvalue weighted by molar-refractivity contribution is 0.449. The Balaban J connectivity index is 3.22. The van der Waals surface area contributed by atoms with Crippen molar-refractivity contribution >= 4 is 15.9 Å². The lowest BCUT2D eigenvalue weighted by atomic mass is 9.78. The smallest absolute Gasteiger partial charge is 0.127 e. The lowest BCUT2D eigenvalue weighted by Gasteiger charge is -2.29. The fraction of sp³-hybridized carbons (Fsp3) is 0.571. The van der Waals surface area contributed by atoms with Crippen molar-refractivity contribution in [3.63, 3.8) is 0 Å². The molecule has 1 unspecified atom stereocenters. The minimum absolute atomic E-state index is 0.0735. The number of benzene rings is 1. The SMILES string of the molecule is Cc1cc(C)c(C(C)(C)CC(C)Br)c(F)c1. The Kier molecular flexibility index (Phi) is 4.17. The van der Waals surface area contributed by atoms with E-state index in [9.17, 15) is 4.39 Å². The van der Waals surface area contributed by atoms with E-state index in [-0.39, 0.29) is 11.2 Å². The van der Waals surface area contributed by atoms with Crippen LogP contribution in [0.3, 0.4) is 0 Å². The van der Waals surface area contributed by atoms with E-state index in [1.165, 1.54) is 0 Å². The van der Waals surface area contributed by atoms with Crippen molar-refractivity contribution in [3.8, 4) is 0 Å². The average Bonchev–Trinajstić information content (AvgIpc) is 1.96. The predicted molar refractivity (Wildman–Crippen MR) is 71.9 cm³/mol. The molecule has 1 aromatic carbocycles. The van der Waals surface area contributed by atoms with Crippen molar-refractivity contribution in [1.82, 2.24) is 0 Å². The van der Waals surface area contributed by atoms with Gasteiger partial charge in [-0.05, 0) is 48.4 Å². The minimum Gasteiger partial charge on any atom is -0.207 e. The summed E-state index contributed by atoms with van der Waals surface area (Å²) in [6.45, 7) is 10.2. The molecule has 0 aliphatic heterocycles. The van der Waals surface area contributed by atoms with Gasteiger partial charge in [-0.25, -0.2) is 4.39 Å². The zero-order valence-electron chi connectivity index (χ0n) is 10.7. The summed E-state index contributed by atoms with van der Waals surface area (Å²) in [5.41, 5.74) is 2.76. The summed E-state index contributed by atoms with van der Waals surface area (Å²) < 4.78 is 14.0. The van der Waals surface area contributed by atoms with Gasteiger partial charge in [-0.2, -0.15) is 0 Å². The van der Waals surface area contributed by atoms with Crippen molar-refractivity contribution in [2.24, 2.45) is 0 Å². The van der Waals surface area contributed by atoms with Crippen LogP contribution in [-0.4, -0.2) is 4.83 Å². The third-order valence-electron chi connectivity index (χ3n) is 2.90. The number of alkyl halides is 1. The molecule has 0 saturated heterocycles. The van der Waals surface area contributed by atoms with E-state index >= 15 is 0 Å². The summed E-state index contributed by atoms with van der Waals surface area (Å²) in [6, 6.07) is 3.68. The highest BCUT2D eigenvalue weighted by Crippen LogP contribution is 2.34. The van der Waals surface area contributed by atoms with E-state index in [0.29, 0.717) is 4.83 Å². The predicted octanol–water partition coefficient (Wildman–Crippen LogP) is 4.89. The topological polar surface area (TPSA) is 0 Å². The molecule has 0 aromatic heterocycles. The molecule has 0 aliphatic carbocycles. The maximum atomic E-state index is 14.0. The molecule has 0 radical (unpaired) electrons. The Labute approximate surface area is 106 Å². The van der Waals surface area contributed by atoms with Gasteiger partial charge in [0.15, 0.2) is 0 Å². The molecule has 1 atom stereocenters. The summed E-state index contributed by atoms with van der Waals surface area (Å²) in [4.78, 5) is 0.391. The van der Waals surface area contributed by atoms with Crippen LogP contribution in [0.5, 0.6) is 0 Å². The van der Waals surface area contributed by atoms with E-state index in [1.54, 1.807) is 6.07 Å². The molecule has 0 nitrogen and oxygen atoms in total. The van der Waals surface area contributed by atoms with Crippen LogP contribution in [0, 0.1) is 19.7 Å². The second-order valence-electron chi connectivity index (χ2n) is 5.31. The summed E-state index contributed by atoms with van der Waals surface area (Å²) in [5, 5.41) is 0. The fourth-order valence-corrected chi connectivity index (χ4v) is 3.39. The van der Waals surface area contributed by atoms with Gasteiger partial charge in [-0.15, -0.1) is 0 Å². The summed E-state index contributed by atoms with van der Waals surface area (Å²) in [6.07, 6.45) is 0.924. The monoisotopic (exact) mass is 286 g/mol. The molecule has 0 saturated carbocycles. The summed E-state index contributed by atoms with van der Waals surface area (Å²) in [5.74, 6) is -0.0735. The Morgan fingerprint density at radius 1 is 1.31 bits per heavy atom. The number of aryl methyl sites for hydroxylation is 2. The number of hydrogen-bond donors (Lipinski definition) is 0. The van der Waals surface area contributed by atoms with Crippen molar-refractivity contribution in [3.05, 3.63) is 34.6 Å². The summed E-state index contributed by atoms with van der Waals surface area (Å²) in [7, 11) is 0. The highest BCUT2D eigenvalue weighted by atomic mass is 79.9. The van der Waals surface area contributed by atoms with E-state index in [2.05, 4.69) is 42.8 Å². The first-order chi connectivity index (χ1) is 7.24. The Hall–Kier alpha value is -0.370. The molecular weight excluding hydrogens is 267 g/mol. The zero-order valence-corrected chi connectivity index (χ0v) is 12.3. The lowest BCUT2D eigenvalue weighted by Crippen LogP contribution is -2.23. The second-order valence-corrected chi connectivity index (χ2v) is 6.87. The van der Waals surface area contributed by atoms with Crippen molar-refractivity contribution in [1.29, 1.82) is 0 Å². The highest BCUT2D eigenvalue weighted by Gasteiger charge is 2.27. The first-order valence-electron chi connectivity index (χ1n) is 5.65. The van der Waals surface area contributed by atoms with Crippen LogP contribution in [0.4, 0.5) is 4.39 Å². The van der Waals surface area contributed by atoms with Gasteiger partial charge in [0.1, 0.15) is 5.82 Å². The largest absolute Gasteiger partial charge is 0.207 e. The molecule has 0 fully saturated rings. The van der Waals surface area contributed by atoms with Crippen LogP contribution in [0.2, 0.25) is 0 Å². The molecule has 0 bridgehead atoms. The highest BCUT2D eigenvalue weighted by molar-refractivity contribution is 9.09. The normalized spacial score (nSPS) is 13.9. The Morgan fingerprint density at radius 3 is 2.31 bits per heavy atom. The molecule has 1 rings (SSSR count). The molecular formula is C14H20BrF. The van der Waals surface area contributed by atoms with Crippen LogP contribution < -0.4 is 0 Å². The first-order valence-corrected chi connectivity index (χ1v) is 6.57. The number of rotatable bonds is 3. The van der Waals surface area contributed by atoms with Gasteiger partial charge in [0.05, 0.1) is 0 Å². The molecule has 16 heavy (non-hydrogen) atoms. The molecule has 0 amide bonds. The molecule has 0 N–H and O–H groups in total. The second kappa shape index (κ2) is 4.87. The standard InChI is InChI=1S/C14H20BrF/c1-9-6-10(2)13(12(16)7-9)14(4,5)8-11(3)15/h6-7,11H,8H2,1-5H3. The van der Waals surface area contributed by atoms with E-state index in [0.717, 1.165) is 23.1 Å². The molecule has 1 aromatic rings. The van der Waals surface area contributed by atoms with Gasteiger partial charge in [-0.1, -0.05) is 42.8 Å². The molecule has 0 heterocycles. The Morgan fingerprint density at radius 2 is 1.88 bits per heavy atom. The van der Waals surface area contributed by atoms with Gasteiger partial charge >= 0.3 is 0 Å². The van der Waals surface area contributed by atoms with Gasteiger partial charge in [0, 0.05) is 4.83 Å². The van der Waals surface area contributed by atoms with Gasteiger partial charge < -0.3 is 0 Å². The van der Waals surface area contributed by atoms with Gasteiger partial charge in [0.2, 0.25) is 0 Å². The Bertz CT molecular complexity index is 357. The maximum Gasteiger partial charge on any atom is 0.127 e. The summed E-state index contributed by atoms with van der Waals surface area (Å²) >= 11 is 3.55. The quantitative estimate of drug-likeness (QED) is 0.694. The van der Waals surface area contributed by atoms with Crippen molar-refractivity contribution in [2.45, 2.75) is 51.3 Å². The number of halogens is 2. The van der Waals surface area contributed by atoms with Crippen LogP contribution in [0.15, 0.2) is 12.1 Å². The van der Waals surface area contributed by atoms with E-state index in [1.807, 2.05) is 13.8 Å². The third kappa shape index (κ3) is 3.07. The van der Waals surface area contributed by atoms with Crippen LogP contribution in [-0.2, 0) is 5.41 Å².